The Morgan fingerprint density at radius 3 is 3.00 bits per heavy atom. The molecule has 2 rings (SSSR count). The van der Waals surface area contributed by atoms with Crippen molar-refractivity contribution in [3.05, 3.63) is 0 Å². The van der Waals surface area contributed by atoms with Crippen LogP contribution in [0, 0.1) is 0 Å². The van der Waals surface area contributed by atoms with Crippen LogP contribution >= 0.6 is 0 Å². The Hall–Kier alpha value is -1.30. The molecule has 0 bridgehead atoms. The number of hydrogen-bond donors (Lipinski definition) is 2. The van der Waals surface area contributed by atoms with E-state index in [1.54, 1.807) is 0 Å². The third-order valence-electron chi connectivity index (χ3n) is 2.07. The largest absolute Gasteiger partial charge is 0.336 e. The maximum absolute atomic E-state index is 11.5. The predicted octanol–water partition coefficient (Wildman–Crippen LogP) is -1.17. The van der Waals surface area contributed by atoms with Crippen LogP contribution in [0.2, 0.25) is 0 Å². The molecule has 3 amide bonds. The van der Waals surface area contributed by atoms with Gasteiger partial charge in [0.25, 0.3) is 5.91 Å². The molecule has 6 nitrogen and oxygen atoms in total. The highest BCUT2D eigenvalue weighted by molar-refractivity contribution is 5.89. The second kappa shape index (κ2) is 3.21. The zero-order chi connectivity index (χ0) is 9.26. The fourth-order valence-electron chi connectivity index (χ4n) is 1.40. The molecule has 2 heterocycles. The number of hydroxylamine groups is 2. The SMILES string of the molecule is O=C1NCC(C(=O)N2CCCO2)N1. The number of amides is 3. The smallest absolute Gasteiger partial charge is 0.315 e. The minimum atomic E-state index is -0.467. The van der Waals surface area contributed by atoms with E-state index < -0.39 is 6.04 Å². The first kappa shape index (κ1) is 8.31. The van der Waals surface area contributed by atoms with E-state index in [-0.39, 0.29) is 11.9 Å². The Labute approximate surface area is 75.2 Å². The zero-order valence-corrected chi connectivity index (χ0v) is 7.08. The number of hydrogen-bond acceptors (Lipinski definition) is 3. The summed E-state index contributed by atoms with van der Waals surface area (Å²) in [5.41, 5.74) is 0. The summed E-state index contributed by atoms with van der Waals surface area (Å²) in [6.45, 7) is 1.54. The molecule has 2 fully saturated rings. The van der Waals surface area contributed by atoms with Crippen molar-refractivity contribution >= 4 is 11.9 Å². The minimum Gasteiger partial charge on any atom is -0.336 e. The Bertz CT molecular complexity index is 237. The first-order chi connectivity index (χ1) is 6.27. The standard InChI is InChI=1S/C7H11N3O3/c11-6(10-2-1-3-13-10)5-4-8-7(12)9-5/h5H,1-4H2,(H2,8,9,12). The van der Waals surface area contributed by atoms with Crippen LogP contribution in [0.15, 0.2) is 0 Å². The van der Waals surface area contributed by atoms with Crippen molar-refractivity contribution < 1.29 is 14.4 Å². The van der Waals surface area contributed by atoms with Gasteiger partial charge in [0, 0.05) is 6.54 Å². The average molecular weight is 185 g/mol. The number of urea groups is 1. The van der Waals surface area contributed by atoms with Gasteiger partial charge in [0.15, 0.2) is 0 Å². The second-order valence-corrected chi connectivity index (χ2v) is 3.03. The molecule has 2 N–H and O–H groups in total. The summed E-state index contributed by atoms with van der Waals surface area (Å²) in [6, 6.07) is -0.761. The summed E-state index contributed by atoms with van der Waals surface area (Å²) in [6.07, 6.45) is 0.861. The van der Waals surface area contributed by atoms with Crippen molar-refractivity contribution in [1.82, 2.24) is 15.7 Å². The Kier molecular flexibility index (Phi) is 2.05. The van der Waals surface area contributed by atoms with E-state index in [1.165, 1.54) is 5.06 Å². The van der Waals surface area contributed by atoms with Gasteiger partial charge in [-0.25, -0.2) is 9.86 Å². The number of rotatable bonds is 1. The van der Waals surface area contributed by atoms with Crippen LogP contribution < -0.4 is 10.6 Å². The second-order valence-electron chi connectivity index (χ2n) is 3.03. The third kappa shape index (κ3) is 1.57. The molecular weight excluding hydrogens is 174 g/mol. The lowest BCUT2D eigenvalue weighted by atomic mass is 10.3. The topological polar surface area (TPSA) is 70.7 Å². The molecular formula is C7H11N3O3. The van der Waals surface area contributed by atoms with E-state index in [0.29, 0.717) is 19.7 Å². The van der Waals surface area contributed by atoms with E-state index in [2.05, 4.69) is 10.6 Å². The lowest BCUT2D eigenvalue weighted by Crippen LogP contribution is -2.43. The first-order valence-corrected chi connectivity index (χ1v) is 4.26. The van der Waals surface area contributed by atoms with E-state index in [9.17, 15) is 9.59 Å². The molecule has 0 radical (unpaired) electrons. The summed E-state index contributed by atoms with van der Waals surface area (Å²) < 4.78 is 0. The van der Waals surface area contributed by atoms with Crippen LogP contribution in [0.4, 0.5) is 4.79 Å². The van der Waals surface area contributed by atoms with Gasteiger partial charge in [-0.15, -0.1) is 0 Å². The van der Waals surface area contributed by atoms with Gasteiger partial charge < -0.3 is 10.6 Å². The number of nitrogens with one attached hydrogen (secondary N) is 2. The predicted molar refractivity (Wildman–Crippen MR) is 42.6 cm³/mol. The van der Waals surface area contributed by atoms with Crippen LogP contribution in [0.1, 0.15) is 6.42 Å². The van der Waals surface area contributed by atoms with Crippen molar-refractivity contribution in [3.63, 3.8) is 0 Å². The molecule has 2 aliphatic rings. The molecule has 0 aromatic carbocycles. The number of carbonyl (C=O) groups excluding carboxylic acids is 2. The van der Waals surface area contributed by atoms with E-state index in [0.717, 1.165) is 6.42 Å². The number of nitrogens with zero attached hydrogens (tertiary/aromatic N) is 1. The van der Waals surface area contributed by atoms with Crippen molar-refractivity contribution in [3.8, 4) is 0 Å². The van der Waals surface area contributed by atoms with Crippen molar-refractivity contribution in [2.24, 2.45) is 0 Å². The summed E-state index contributed by atoms with van der Waals surface area (Å²) >= 11 is 0. The molecule has 0 aliphatic carbocycles. The van der Waals surface area contributed by atoms with E-state index in [1.807, 2.05) is 0 Å². The van der Waals surface area contributed by atoms with Gasteiger partial charge >= 0.3 is 6.03 Å². The molecule has 2 aliphatic heterocycles. The van der Waals surface area contributed by atoms with Gasteiger partial charge in [0.2, 0.25) is 0 Å². The van der Waals surface area contributed by atoms with Gasteiger partial charge in [-0.3, -0.25) is 9.63 Å². The highest BCUT2D eigenvalue weighted by atomic mass is 16.7. The molecule has 72 valence electrons. The van der Waals surface area contributed by atoms with E-state index >= 15 is 0 Å². The molecule has 0 aromatic rings. The Morgan fingerprint density at radius 1 is 1.62 bits per heavy atom. The van der Waals surface area contributed by atoms with Crippen LogP contribution in [-0.4, -0.2) is 42.7 Å². The van der Waals surface area contributed by atoms with E-state index in [4.69, 9.17) is 4.84 Å². The fourth-order valence-corrected chi connectivity index (χ4v) is 1.40. The van der Waals surface area contributed by atoms with Crippen LogP contribution in [0.5, 0.6) is 0 Å². The lowest BCUT2D eigenvalue weighted by Gasteiger charge is -2.17. The van der Waals surface area contributed by atoms with Gasteiger partial charge in [0.1, 0.15) is 6.04 Å². The monoisotopic (exact) mass is 185 g/mol. The van der Waals surface area contributed by atoms with Gasteiger partial charge in [-0.1, -0.05) is 0 Å². The highest BCUT2D eigenvalue weighted by Crippen LogP contribution is 2.07. The average Bonchev–Trinajstić information content (AvgIpc) is 2.72. The van der Waals surface area contributed by atoms with Crippen LogP contribution in [0.3, 0.4) is 0 Å². The van der Waals surface area contributed by atoms with Gasteiger partial charge in [-0.05, 0) is 6.42 Å². The Morgan fingerprint density at radius 2 is 2.46 bits per heavy atom. The zero-order valence-electron chi connectivity index (χ0n) is 7.08. The first-order valence-electron chi connectivity index (χ1n) is 4.26. The molecule has 6 heteroatoms. The van der Waals surface area contributed by atoms with Gasteiger partial charge in [0.05, 0.1) is 13.2 Å². The number of carbonyl (C=O) groups is 2. The molecule has 13 heavy (non-hydrogen) atoms. The van der Waals surface area contributed by atoms with Crippen molar-refractivity contribution in [1.29, 1.82) is 0 Å². The summed E-state index contributed by atoms with van der Waals surface area (Å²) in [7, 11) is 0. The molecule has 0 saturated carbocycles. The summed E-state index contributed by atoms with van der Waals surface area (Å²) in [5.74, 6) is -0.171. The molecule has 0 spiro atoms. The maximum atomic E-state index is 11.5. The molecule has 0 aromatic heterocycles. The lowest BCUT2D eigenvalue weighted by molar-refractivity contribution is -0.170. The fraction of sp³-hybridized carbons (Fsp3) is 0.714. The Balaban J connectivity index is 1.92. The summed E-state index contributed by atoms with van der Waals surface area (Å²) in [4.78, 5) is 27.3. The molecule has 2 saturated heterocycles. The molecule has 1 atom stereocenters. The maximum Gasteiger partial charge on any atom is 0.315 e. The van der Waals surface area contributed by atoms with Crippen LogP contribution in [0.25, 0.3) is 0 Å². The molecule has 1 unspecified atom stereocenters. The quantitative estimate of drug-likeness (QED) is 0.541. The normalized spacial score (nSPS) is 27.2. The van der Waals surface area contributed by atoms with Crippen molar-refractivity contribution in [2.75, 3.05) is 19.7 Å². The van der Waals surface area contributed by atoms with Crippen LogP contribution in [-0.2, 0) is 9.63 Å². The highest BCUT2D eigenvalue weighted by Gasteiger charge is 2.32. The van der Waals surface area contributed by atoms with Gasteiger partial charge in [-0.2, -0.15) is 0 Å². The van der Waals surface area contributed by atoms with Crippen molar-refractivity contribution in [2.45, 2.75) is 12.5 Å². The summed E-state index contributed by atoms with van der Waals surface area (Å²) in [5, 5.41) is 6.35. The minimum absolute atomic E-state index is 0.171. The third-order valence-corrected chi connectivity index (χ3v) is 2.07.